The zero-order valence-corrected chi connectivity index (χ0v) is 16.1. The molecule has 5 nitrogen and oxygen atoms in total. The summed E-state index contributed by atoms with van der Waals surface area (Å²) in [5.41, 5.74) is 2.90. The summed E-state index contributed by atoms with van der Waals surface area (Å²) in [6, 6.07) is 10.3. The van der Waals surface area contributed by atoms with Crippen molar-refractivity contribution in [3.8, 4) is 11.5 Å². The Hall–Kier alpha value is -2.09. The number of hydrogen-bond acceptors (Lipinski definition) is 5. The first-order valence-corrected chi connectivity index (χ1v) is 9.06. The molecular formula is C17H12BrClN2O3S. The molecule has 1 aromatic heterocycles. The topological polar surface area (TPSA) is 70.9 Å². The van der Waals surface area contributed by atoms with E-state index in [9.17, 15) is 9.90 Å². The van der Waals surface area contributed by atoms with Crippen molar-refractivity contribution >= 4 is 61.1 Å². The van der Waals surface area contributed by atoms with Crippen molar-refractivity contribution in [1.29, 1.82) is 0 Å². The number of nitrogens with one attached hydrogen (secondary N) is 1. The standard InChI is InChI=1S/C17H12BrClN2O3S/c1-24-11-3-4-12-14(7-11)25-16(15(12)19)17(23)21-20-8-9-6-10(18)2-5-13(9)22/h2-8,22H,1H3,(H,21,23)/b20-8+. The summed E-state index contributed by atoms with van der Waals surface area (Å²) in [4.78, 5) is 12.7. The summed E-state index contributed by atoms with van der Waals surface area (Å²) in [5, 5.41) is 14.8. The fourth-order valence-electron chi connectivity index (χ4n) is 2.16. The summed E-state index contributed by atoms with van der Waals surface area (Å²) in [7, 11) is 1.58. The maximum atomic E-state index is 12.3. The number of fused-ring (bicyclic) bond motifs is 1. The molecule has 0 aliphatic rings. The first-order chi connectivity index (χ1) is 12.0. The van der Waals surface area contributed by atoms with Crippen LogP contribution in [-0.2, 0) is 0 Å². The molecular weight excluding hydrogens is 428 g/mol. The van der Waals surface area contributed by atoms with Crippen molar-refractivity contribution in [3.05, 3.63) is 56.3 Å². The minimum Gasteiger partial charge on any atom is -0.507 e. The van der Waals surface area contributed by atoms with Crippen molar-refractivity contribution in [2.75, 3.05) is 7.11 Å². The molecule has 25 heavy (non-hydrogen) atoms. The number of carbonyl (C=O) groups excluding carboxylic acids is 1. The van der Waals surface area contributed by atoms with E-state index in [4.69, 9.17) is 16.3 Å². The second kappa shape index (κ2) is 7.43. The largest absolute Gasteiger partial charge is 0.507 e. The molecule has 8 heteroatoms. The van der Waals surface area contributed by atoms with E-state index < -0.39 is 5.91 Å². The lowest BCUT2D eigenvalue weighted by molar-refractivity contribution is 0.0959. The fraction of sp³-hybridized carbons (Fsp3) is 0.0588. The third-order valence-electron chi connectivity index (χ3n) is 3.40. The molecule has 3 aromatic rings. The first kappa shape index (κ1) is 17.7. The molecule has 0 aliphatic carbocycles. The predicted molar refractivity (Wildman–Crippen MR) is 104 cm³/mol. The highest BCUT2D eigenvalue weighted by Crippen LogP contribution is 2.37. The van der Waals surface area contributed by atoms with Crippen LogP contribution in [0.3, 0.4) is 0 Å². The normalized spacial score (nSPS) is 11.2. The quantitative estimate of drug-likeness (QED) is 0.453. The van der Waals surface area contributed by atoms with Gasteiger partial charge in [-0.3, -0.25) is 4.79 Å². The summed E-state index contributed by atoms with van der Waals surface area (Å²) in [5.74, 6) is 0.338. The van der Waals surface area contributed by atoms with Gasteiger partial charge >= 0.3 is 0 Å². The Balaban J connectivity index is 1.81. The Labute approximate surface area is 161 Å². The molecule has 1 heterocycles. The smallest absolute Gasteiger partial charge is 0.283 e. The van der Waals surface area contributed by atoms with Gasteiger partial charge in [0.1, 0.15) is 16.4 Å². The van der Waals surface area contributed by atoms with Gasteiger partial charge in [0.15, 0.2) is 0 Å². The molecule has 0 fully saturated rings. The average Bonchev–Trinajstić information content (AvgIpc) is 2.94. The third kappa shape index (κ3) is 3.78. The van der Waals surface area contributed by atoms with E-state index in [1.54, 1.807) is 25.3 Å². The van der Waals surface area contributed by atoms with E-state index in [1.165, 1.54) is 23.6 Å². The summed E-state index contributed by atoms with van der Waals surface area (Å²) >= 11 is 10.9. The average molecular weight is 440 g/mol. The second-order valence-electron chi connectivity index (χ2n) is 5.01. The maximum Gasteiger partial charge on any atom is 0.283 e. The van der Waals surface area contributed by atoms with Crippen LogP contribution in [0, 0.1) is 0 Å². The predicted octanol–water partition coefficient (Wildman–Crippen LogP) is 4.80. The molecule has 0 spiro atoms. The Bertz CT molecular complexity index is 987. The van der Waals surface area contributed by atoms with Crippen molar-refractivity contribution in [3.63, 3.8) is 0 Å². The van der Waals surface area contributed by atoms with Crippen LogP contribution in [0.4, 0.5) is 0 Å². The van der Waals surface area contributed by atoms with E-state index >= 15 is 0 Å². The van der Waals surface area contributed by atoms with Crippen molar-refractivity contribution in [2.45, 2.75) is 0 Å². The van der Waals surface area contributed by atoms with Gasteiger partial charge in [-0.2, -0.15) is 5.10 Å². The molecule has 0 unspecified atom stereocenters. The van der Waals surface area contributed by atoms with Gasteiger partial charge in [-0.05, 0) is 36.4 Å². The fourth-order valence-corrected chi connectivity index (χ4v) is 3.97. The SMILES string of the molecule is COc1ccc2c(Cl)c(C(=O)N/N=C/c3cc(Br)ccc3O)sc2c1. The number of hydrazone groups is 1. The number of nitrogens with zero attached hydrogens (tertiary/aromatic N) is 1. The van der Waals surface area contributed by atoms with Gasteiger partial charge in [-0.25, -0.2) is 5.43 Å². The Kier molecular flexibility index (Phi) is 5.27. The Morgan fingerprint density at radius 1 is 1.36 bits per heavy atom. The molecule has 0 atom stereocenters. The van der Waals surface area contributed by atoms with E-state index in [0.717, 1.165) is 14.6 Å². The lowest BCUT2D eigenvalue weighted by Crippen LogP contribution is -2.16. The van der Waals surface area contributed by atoms with Crippen molar-refractivity contribution in [2.24, 2.45) is 5.10 Å². The Morgan fingerprint density at radius 3 is 2.92 bits per heavy atom. The molecule has 3 rings (SSSR count). The van der Waals surface area contributed by atoms with Crippen LogP contribution in [0.2, 0.25) is 5.02 Å². The van der Waals surface area contributed by atoms with Crippen LogP contribution < -0.4 is 10.2 Å². The third-order valence-corrected chi connectivity index (χ3v) is 5.55. The Morgan fingerprint density at radius 2 is 2.16 bits per heavy atom. The molecule has 0 saturated carbocycles. The van der Waals surface area contributed by atoms with Crippen LogP contribution in [-0.4, -0.2) is 24.3 Å². The number of methoxy groups -OCH3 is 1. The number of benzene rings is 2. The zero-order chi connectivity index (χ0) is 18.0. The van der Waals surface area contributed by atoms with Gasteiger partial charge in [0.05, 0.1) is 18.3 Å². The van der Waals surface area contributed by atoms with Crippen molar-refractivity contribution < 1.29 is 14.6 Å². The number of aromatic hydroxyl groups is 1. The molecule has 0 aliphatic heterocycles. The molecule has 2 aromatic carbocycles. The van der Waals surface area contributed by atoms with Gasteiger partial charge in [-0.1, -0.05) is 27.5 Å². The number of phenolic OH excluding ortho intramolecular Hbond substituents is 1. The number of ether oxygens (including phenoxy) is 1. The van der Waals surface area contributed by atoms with E-state index in [1.807, 2.05) is 12.1 Å². The van der Waals surface area contributed by atoms with E-state index in [-0.39, 0.29) is 5.75 Å². The summed E-state index contributed by atoms with van der Waals surface area (Å²) in [6.45, 7) is 0. The van der Waals surface area contributed by atoms with Crippen LogP contribution in [0.5, 0.6) is 11.5 Å². The van der Waals surface area contributed by atoms with Gasteiger partial charge < -0.3 is 9.84 Å². The van der Waals surface area contributed by atoms with Crippen LogP contribution in [0.1, 0.15) is 15.2 Å². The van der Waals surface area contributed by atoms with Crippen LogP contribution >= 0.6 is 38.9 Å². The second-order valence-corrected chi connectivity index (χ2v) is 7.36. The molecule has 2 N–H and O–H groups in total. The molecule has 0 radical (unpaired) electrons. The van der Waals surface area contributed by atoms with Crippen LogP contribution in [0.15, 0.2) is 46.0 Å². The summed E-state index contributed by atoms with van der Waals surface area (Å²) in [6.07, 6.45) is 1.36. The molecule has 0 saturated heterocycles. The summed E-state index contributed by atoms with van der Waals surface area (Å²) < 4.78 is 6.82. The van der Waals surface area contributed by atoms with Crippen LogP contribution in [0.25, 0.3) is 10.1 Å². The number of halogens is 2. The zero-order valence-electron chi connectivity index (χ0n) is 12.9. The van der Waals surface area contributed by atoms with Gasteiger partial charge in [0, 0.05) is 20.1 Å². The van der Waals surface area contributed by atoms with Crippen molar-refractivity contribution in [1.82, 2.24) is 5.43 Å². The number of phenols is 1. The number of hydrogen-bond donors (Lipinski definition) is 2. The lowest BCUT2D eigenvalue weighted by Gasteiger charge is -2.00. The van der Waals surface area contributed by atoms with Gasteiger partial charge in [-0.15, -0.1) is 11.3 Å². The van der Waals surface area contributed by atoms with E-state index in [0.29, 0.717) is 21.2 Å². The molecule has 128 valence electrons. The van der Waals surface area contributed by atoms with Gasteiger partial charge in [0.2, 0.25) is 0 Å². The van der Waals surface area contributed by atoms with E-state index in [2.05, 4.69) is 26.5 Å². The minimum atomic E-state index is -0.420. The number of rotatable bonds is 4. The minimum absolute atomic E-state index is 0.0631. The first-order valence-electron chi connectivity index (χ1n) is 7.07. The monoisotopic (exact) mass is 438 g/mol. The number of thiophene rings is 1. The molecule has 0 bridgehead atoms. The maximum absolute atomic E-state index is 12.3. The number of amides is 1. The highest BCUT2D eigenvalue weighted by atomic mass is 79.9. The highest BCUT2D eigenvalue weighted by Gasteiger charge is 2.17. The molecule has 1 amide bonds. The number of carbonyl (C=O) groups is 1. The lowest BCUT2D eigenvalue weighted by atomic mass is 10.2. The van der Waals surface area contributed by atoms with Gasteiger partial charge in [0.25, 0.3) is 5.91 Å². The highest BCUT2D eigenvalue weighted by molar-refractivity contribution is 9.10.